The summed E-state index contributed by atoms with van der Waals surface area (Å²) in [6.45, 7) is 2.12. The number of benzene rings is 2. The van der Waals surface area contributed by atoms with Gasteiger partial charge in [-0.1, -0.05) is 54.9 Å². The van der Waals surface area contributed by atoms with Gasteiger partial charge >= 0.3 is 0 Å². The zero-order valence-electron chi connectivity index (χ0n) is 14.9. The molecule has 3 rings (SSSR count). The average Bonchev–Trinajstić information content (AvgIpc) is 2.65. The minimum Gasteiger partial charge on any atom is -0.349 e. The Morgan fingerprint density at radius 1 is 1.12 bits per heavy atom. The molecule has 0 radical (unpaired) electrons. The molecule has 0 heterocycles. The summed E-state index contributed by atoms with van der Waals surface area (Å²) in [7, 11) is 0. The molecular weight excluding hydrogens is 330 g/mol. The lowest BCUT2D eigenvalue weighted by atomic mass is 9.89. The number of nitrogens with one attached hydrogen (secondary N) is 1. The molecule has 1 aliphatic carbocycles. The van der Waals surface area contributed by atoms with E-state index in [0.29, 0.717) is 12.8 Å². The van der Waals surface area contributed by atoms with Gasteiger partial charge in [0.15, 0.2) is 0 Å². The van der Waals surface area contributed by atoms with Crippen molar-refractivity contribution in [2.24, 2.45) is 0 Å². The predicted molar refractivity (Wildman–Crippen MR) is 104 cm³/mol. The second kappa shape index (κ2) is 8.53. The van der Waals surface area contributed by atoms with E-state index in [0.717, 1.165) is 17.0 Å². The summed E-state index contributed by atoms with van der Waals surface area (Å²) in [6, 6.07) is 14.6. The highest BCUT2D eigenvalue weighted by Crippen LogP contribution is 2.26. The molecule has 1 aliphatic rings. The quantitative estimate of drug-likeness (QED) is 0.736. The fraction of sp³-hybridized carbons (Fsp3) is 0.409. The van der Waals surface area contributed by atoms with E-state index in [-0.39, 0.29) is 11.9 Å². The van der Waals surface area contributed by atoms with Crippen molar-refractivity contribution in [3.05, 3.63) is 69.7 Å². The minimum absolute atomic E-state index is 0.0875. The highest BCUT2D eigenvalue weighted by molar-refractivity contribution is 6.31. The molecule has 1 atom stereocenters. The van der Waals surface area contributed by atoms with Crippen LogP contribution >= 0.6 is 11.6 Å². The van der Waals surface area contributed by atoms with Crippen LogP contribution in [0.3, 0.4) is 0 Å². The van der Waals surface area contributed by atoms with E-state index in [1.54, 1.807) is 0 Å². The van der Waals surface area contributed by atoms with E-state index < -0.39 is 0 Å². The molecule has 0 aliphatic heterocycles. The second-order valence-corrected chi connectivity index (χ2v) is 7.26. The Bertz CT molecular complexity index is 741. The summed E-state index contributed by atoms with van der Waals surface area (Å²) in [6.07, 6.45) is 6.96. The third-order valence-electron chi connectivity index (χ3n) is 5.10. The molecule has 132 valence electrons. The number of halogens is 1. The van der Waals surface area contributed by atoms with Gasteiger partial charge < -0.3 is 5.32 Å². The number of aryl methyl sites for hydroxylation is 3. The van der Waals surface area contributed by atoms with Crippen molar-refractivity contribution in [1.82, 2.24) is 5.32 Å². The molecule has 2 aromatic carbocycles. The molecule has 0 unspecified atom stereocenters. The summed E-state index contributed by atoms with van der Waals surface area (Å²) in [5, 5.41) is 3.93. The van der Waals surface area contributed by atoms with Crippen molar-refractivity contribution in [2.75, 3.05) is 0 Å². The first-order valence-corrected chi connectivity index (χ1v) is 9.69. The van der Waals surface area contributed by atoms with Gasteiger partial charge in [-0.25, -0.2) is 0 Å². The number of hydrogen-bond acceptors (Lipinski definition) is 1. The second-order valence-electron chi connectivity index (χ2n) is 6.86. The molecule has 2 aromatic rings. The molecule has 3 heteroatoms. The van der Waals surface area contributed by atoms with Crippen LogP contribution < -0.4 is 5.32 Å². The zero-order chi connectivity index (χ0) is 17.6. The van der Waals surface area contributed by atoms with Gasteiger partial charge in [0.05, 0.1) is 6.04 Å². The van der Waals surface area contributed by atoms with Crippen LogP contribution in [0.15, 0.2) is 42.5 Å². The van der Waals surface area contributed by atoms with Gasteiger partial charge in [0.25, 0.3) is 0 Å². The molecule has 2 nitrogen and oxygen atoms in total. The highest BCUT2D eigenvalue weighted by Gasteiger charge is 2.16. The van der Waals surface area contributed by atoms with Gasteiger partial charge in [-0.15, -0.1) is 0 Å². The molecule has 0 fully saturated rings. The fourth-order valence-corrected chi connectivity index (χ4v) is 3.84. The summed E-state index contributed by atoms with van der Waals surface area (Å²) < 4.78 is 0. The SMILES string of the molecule is CC[C@@H](NC(=O)CCc1ccccc1Cl)c1ccc2c(c1)CCCC2. The van der Waals surface area contributed by atoms with Crippen LogP contribution in [-0.2, 0) is 24.1 Å². The third kappa shape index (κ3) is 4.64. The van der Waals surface area contributed by atoms with Crippen molar-refractivity contribution in [3.8, 4) is 0 Å². The first kappa shape index (κ1) is 18.0. The standard InChI is InChI=1S/C22H26ClNO/c1-2-21(19-12-11-16-7-3-4-9-18(16)15-19)24-22(25)14-13-17-8-5-6-10-20(17)23/h5-6,8,10-12,15,21H,2-4,7,9,13-14H2,1H3,(H,24,25)/t21-/m1/s1. The van der Waals surface area contributed by atoms with Gasteiger partial charge in [0.2, 0.25) is 5.91 Å². The number of carbonyl (C=O) groups is 1. The van der Waals surface area contributed by atoms with Gasteiger partial charge in [-0.2, -0.15) is 0 Å². The maximum Gasteiger partial charge on any atom is 0.220 e. The van der Waals surface area contributed by atoms with Crippen molar-refractivity contribution in [2.45, 2.75) is 57.9 Å². The lowest BCUT2D eigenvalue weighted by Crippen LogP contribution is -2.28. The van der Waals surface area contributed by atoms with Crippen LogP contribution in [0.1, 0.15) is 60.9 Å². The minimum atomic E-state index is 0.0875. The number of rotatable bonds is 6. The molecule has 0 saturated heterocycles. The Labute approximate surface area is 155 Å². The van der Waals surface area contributed by atoms with E-state index in [1.807, 2.05) is 24.3 Å². The van der Waals surface area contributed by atoms with E-state index in [1.165, 1.54) is 42.4 Å². The van der Waals surface area contributed by atoms with Crippen LogP contribution in [0.25, 0.3) is 0 Å². The van der Waals surface area contributed by atoms with Gasteiger partial charge in [-0.3, -0.25) is 4.79 Å². The summed E-state index contributed by atoms with van der Waals surface area (Å²) in [5.74, 6) is 0.0875. The summed E-state index contributed by atoms with van der Waals surface area (Å²) in [5.41, 5.74) is 5.21. The van der Waals surface area contributed by atoms with Crippen molar-refractivity contribution in [1.29, 1.82) is 0 Å². The average molecular weight is 356 g/mol. The molecule has 0 spiro atoms. The Morgan fingerprint density at radius 3 is 2.64 bits per heavy atom. The topological polar surface area (TPSA) is 29.1 Å². The highest BCUT2D eigenvalue weighted by atomic mass is 35.5. The first-order valence-electron chi connectivity index (χ1n) is 9.32. The van der Waals surface area contributed by atoms with Gasteiger partial charge in [0, 0.05) is 11.4 Å². The van der Waals surface area contributed by atoms with E-state index in [9.17, 15) is 4.79 Å². The van der Waals surface area contributed by atoms with E-state index in [2.05, 4.69) is 30.4 Å². The van der Waals surface area contributed by atoms with E-state index >= 15 is 0 Å². The number of carbonyl (C=O) groups excluding carboxylic acids is 1. The molecular formula is C22H26ClNO. The Kier molecular flexibility index (Phi) is 6.14. The summed E-state index contributed by atoms with van der Waals surface area (Å²) >= 11 is 6.17. The predicted octanol–water partition coefficient (Wildman–Crippen LogP) is 5.42. The largest absolute Gasteiger partial charge is 0.349 e. The third-order valence-corrected chi connectivity index (χ3v) is 5.47. The molecule has 1 amide bonds. The molecule has 1 N–H and O–H groups in total. The normalized spacial score (nSPS) is 14.6. The number of amides is 1. The van der Waals surface area contributed by atoms with Crippen LogP contribution in [0.4, 0.5) is 0 Å². The molecule has 0 bridgehead atoms. The maximum absolute atomic E-state index is 12.4. The lowest BCUT2D eigenvalue weighted by Gasteiger charge is -2.22. The number of hydrogen-bond donors (Lipinski definition) is 1. The maximum atomic E-state index is 12.4. The fourth-order valence-electron chi connectivity index (χ4n) is 3.61. The Balaban J connectivity index is 1.61. The smallest absolute Gasteiger partial charge is 0.220 e. The van der Waals surface area contributed by atoms with Crippen molar-refractivity contribution in [3.63, 3.8) is 0 Å². The molecule has 0 aromatic heterocycles. The lowest BCUT2D eigenvalue weighted by molar-refractivity contribution is -0.121. The van der Waals surface area contributed by atoms with Gasteiger partial charge in [0.1, 0.15) is 0 Å². The summed E-state index contributed by atoms with van der Waals surface area (Å²) in [4.78, 5) is 12.4. The van der Waals surface area contributed by atoms with Crippen LogP contribution in [0.5, 0.6) is 0 Å². The first-order chi connectivity index (χ1) is 12.2. The zero-order valence-corrected chi connectivity index (χ0v) is 15.6. The molecule has 25 heavy (non-hydrogen) atoms. The van der Waals surface area contributed by atoms with Crippen molar-refractivity contribution < 1.29 is 4.79 Å². The Morgan fingerprint density at radius 2 is 1.88 bits per heavy atom. The van der Waals surface area contributed by atoms with Crippen LogP contribution in [0, 0.1) is 0 Å². The Hall–Kier alpha value is -1.80. The molecule has 0 saturated carbocycles. The van der Waals surface area contributed by atoms with Crippen LogP contribution in [0.2, 0.25) is 5.02 Å². The van der Waals surface area contributed by atoms with Crippen LogP contribution in [-0.4, -0.2) is 5.91 Å². The van der Waals surface area contributed by atoms with E-state index in [4.69, 9.17) is 11.6 Å². The van der Waals surface area contributed by atoms with Crippen molar-refractivity contribution >= 4 is 17.5 Å². The monoisotopic (exact) mass is 355 g/mol. The van der Waals surface area contributed by atoms with Gasteiger partial charge in [-0.05, 0) is 66.8 Å². The number of fused-ring (bicyclic) bond motifs is 1.